The summed E-state index contributed by atoms with van der Waals surface area (Å²) in [6.45, 7) is 9.14. The number of aromatic nitrogens is 3. The van der Waals surface area contributed by atoms with Crippen LogP contribution in [0, 0.1) is 13.8 Å². The van der Waals surface area contributed by atoms with Crippen LogP contribution in [0.3, 0.4) is 0 Å². The van der Waals surface area contributed by atoms with Crippen molar-refractivity contribution in [3.63, 3.8) is 0 Å². The molecule has 7 heteroatoms. The van der Waals surface area contributed by atoms with Crippen LogP contribution in [0.15, 0.2) is 0 Å². The Kier molecular flexibility index (Phi) is 6.06. The minimum Gasteiger partial charge on any atom is -0.376 e. The second-order valence-corrected chi connectivity index (χ2v) is 7.33. The molecule has 0 spiro atoms. The monoisotopic (exact) mass is 349 g/mol. The molecule has 0 aromatic carbocycles. The molecule has 3 heterocycles. The van der Waals surface area contributed by atoms with Gasteiger partial charge in [0.15, 0.2) is 0 Å². The lowest BCUT2D eigenvalue weighted by atomic mass is 9.99. The fourth-order valence-electron chi connectivity index (χ4n) is 3.98. The van der Waals surface area contributed by atoms with Gasteiger partial charge in [-0.2, -0.15) is 5.10 Å². The van der Waals surface area contributed by atoms with E-state index < -0.39 is 0 Å². The maximum atomic E-state index is 12.6. The molecule has 140 valence electrons. The van der Waals surface area contributed by atoms with Gasteiger partial charge in [0.25, 0.3) is 0 Å². The summed E-state index contributed by atoms with van der Waals surface area (Å²) in [6.07, 6.45) is 5.79. The van der Waals surface area contributed by atoms with Crippen molar-refractivity contribution in [3.05, 3.63) is 11.6 Å². The van der Waals surface area contributed by atoms with E-state index in [4.69, 9.17) is 4.74 Å². The van der Waals surface area contributed by atoms with E-state index in [1.54, 1.807) is 0 Å². The highest BCUT2D eigenvalue weighted by molar-refractivity contribution is 5.81. The fraction of sp³-hybridized carbons (Fsp3) is 0.833. The third-order valence-corrected chi connectivity index (χ3v) is 5.42. The Labute approximate surface area is 150 Å². The third-order valence-electron chi connectivity index (χ3n) is 5.42. The molecular weight excluding hydrogens is 318 g/mol. The smallest absolute Gasteiger partial charge is 0.237 e. The summed E-state index contributed by atoms with van der Waals surface area (Å²) < 4.78 is 7.58. The molecule has 1 aromatic rings. The molecule has 0 saturated carbocycles. The Morgan fingerprint density at radius 3 is 2.84 bits per heavy atom. The van der Waals surface area contributed by atoms with E-state index in [0.717, 1.165) is 57.0 Å². The van der Waals surface area contributed by atoms with Gasteiger partial charge < -0.3 is 10.1 Å². The maximum Gasteiger partial charge on any atom is 0.237 e. The summed E-state index contributed by atoms with van der Waals surface area (Å²) in [5, 5.41) is 7.57. The Morgan fingerprint density at radius 1 is 1.32 bits per heavy atom. The highest BCUT2D eigenvalue weighted by atomic mass is 16.5. The SMILES string of the molecule is Cc1nc(C)n(C[C@@H]2CCCCN2[C@@H](C)C(=O)NC[C@H]2CCCO2)n1. The number of nitrogens with one attached hydrogen (secondary N) is 1. The van der Waals surface area contributed by atoms with Crippen molar-refractivity contribution in [1.29, 1.82) is 0 Å². The van der Waals surface area contributed by atoms with Gasteiger partial charge in [-0.3, -0.25) is 9.69 Å². The van der Waals surface area contributed by atoms with E-state index in [-0.39, 0.29) is 18.1 Å². The highest BCUT2D eigenvalue weighted by Gasteiger charge is 2.31. The number of aryl methyl sites for hydroxylation is 2. The van der Waals surface area contributed by atoms with Crippen molar-refractivity contribution < 1.29 is 9.53 Å². The molecule has 3 rings (SSSR count). The van der Waals surface area contributed by atoms with Crippen LogP contribution in [0.4, 0.5) is 0 Å². The number of carbonyl (C=O) groups is 1. The minimum atomic E-state index is -0.128. The van der Waals surface area contributed by atoms with Crippen LogP contribution < -0.4 is 5.32 Å². The number of piperidine rings is 1. The lowest BCUT2D eigenvalue weighted by molar-refractivity contribution is -0.128. The molecule has 0 unspecified atom stereocenters. The molecular formula is C18H31N5O2. The zero-order valence-corrected chi connectivity index (χ0v) is 15.7. The summed E-state index contributed by atoms with van der Waals surface area (Å²) >= 11 is 0. The van der Waals surface area contributed by atoms with Crippen molar-refractivity contribution in [1.82, 2.24) is 25.0 Å². The summed E-state index contributed by atoms with van der Waals surface area (Å²) in [4.78, 5) is 19.4. The van der Waals surface area contributed by atoms with Gasteiger partial charge in [0.1, 0.15) is 11.6 Å². The summed E-state index contributed by atoms with van der Waals surface area (Å²) in [5.41, 5.74) is 0. The molecule has 7 nitrogen and oxygen atoms in total. The number of likely N-dealkylation sites (tertiary alicyclic amines) is 1. The van der Waals surface area contributed by atoms with E-state index >= 15 is 0 Å². The number of hydrogen-bond acceptors (Lipinski definition) is 5. The largest absolute Gasteiger partial charge is 0.376 e. The Hall–Kier alpha value is -1.47. The number of nitrogens with zero attached hydrogens (tertiary/aromatic N) is 4. The first-order chi connectivity index (χ1) is 12.0. The molecule has 25 heavy (non-hydrogen) atoms. The molecule has 2 aliphatic rings. The average Bonchev–Trinajstić information content (AvgIpc) is 3.22. The van der Waals surface area contributed by atoms with Gasteiger partial charge in [-0.25, -0.2) is 9.67 Å². The summed E-state index contributed by atoms with van der Waals surface area (Å²) in [6, 6.07) is 0.202. The lowest BCUT2D eigenvalue weighted by Gasteiger charge is -2.39. The first-order valence-corrected chi connectivity index (χ1v) is 9.57. The van der Waals surface area contributed by atoms with Gasteiger partial charge in [-0.15, -0.1) is 0 Å². The van der Waals surface area contributed by atoms with Gasteiger partial charge in [0.2, 0.25) is 5.91 Å². The normalized spacial score (nSPS) is 25.9. The number of ether oxygens (including phenoxy) is 1. The fourth-order valence-corrected chi connectivity index (χ4v) is 3.98. The van der Waals surface area contributed by atoms with Crippen molar-refractivity contribution in [2.75, 3.05) is 19.7 Å². The quantitative estimate of drug-likeness (QED) is 0.841. The van der Waals surface area contributed by atoms with Crippen LogP contribution >= 0.6 is 0 Å². The Balaban J connectivity index is 1.58. The molecule has 2 aliphatic heterocycles. The zero-order chi connectivity index (χ0) is 17.8. The lowest BCUT2D eigenvalue weighted by Crippen LogP contribution is -2.53. The second kappa shape index (κ2) is 8.27. The second-order valence-electron chi connectivity index (χ2n) is 7.33. The maximum absolute atomic E-state index is 12.6. The molecule has 0 bridgehead atoms. The van der Waals surface area contributed by atoms with Gasteiger partial charge >= 0.3 is 0 Å². The van der Waals surface area contributed by atoms with E-state index in [1.165, 1.54) is 6.42 Å². The molecule has 1 amide bonds. The van der Waals surface area contributed by atoms with Crippen molar-refractivity contribution in [2.24, 2.45) is 0 Å². The van der Waals surface area contributed by atoms with Crippen molar-refractivity contribution in [3.8, 4) is 0 Å². The van der Waals surface area contributed by atoms with Crippen LogP contribution in [0.1, 0.15) is 50.7 Å². The van der Waals surface area contributed by atoms with Gasteiger partial charge in [-0.1, -0.05) is 6.42 Å². The minimum absolute atomic E-state index is 0.105. The topological polar surface area (TPSA) is 72.3 Å². The van der Waals surface area contributed by atoms with E-state index in [1.807, 2.05) is 25.5 Å². The van der Waals surface area contributed by atoms with E-state index in [2.05, 4.69) is 20.3 Å². The predicted octanol–water partition coefficient (Wildman–Crippen LogP) is 1.43. The number of hydrogen-bond donors (Lipinski definition) is 1. The first kappa shape index (κ1) is 18.3. The molecule has 2 saturated heterocycles. The van der Waals surface area contributed by atoms with Gasteiger partial charge in [0.05, 0.1) is 18.7 Å². The number of carbonyl (C=O) groups excluding carboxylic acids is 1. The van der Waals surface area contributed by atoms with Gasteiger partial charge in [0, 0.05) is 19.2 Å². The average molecular weight is 349 g/mol. The van der Waals surface area contributed by atoms with Crippen LogP contribution in [0.2, 0.25) is 0 Å². The van der Waals surface area contributed by atoms with Crippen LogP contribution in [0.25, 0.3) is 0 Å². The van der Waals surface area contributed by atoms with Crippen molar-refractivity contribution >= 4 is 5.91 Å². The zero-order valence-electron chi connectivity index (χ0n) is 15.7. The molecule has 2 fully saturated rings. The van der Waals surface area contributed by atoms with E-state index in [0.29, 0.717) is 12.6 Å². The van der Waals surface area contributed by atoms with Crippen molar-refractivity contribution in [2.45, 2.75) is 77.6 Å². The molecule has 3 atom stereocenters. The Morgan fingerprint density at radius 2 is 2.16 bits per heavy atom. The number of rotatable bonds is 6. The molecule has 0 radical (unpaired) electrons. The highest BCUT2D eigenvalue weighted by Crippen LogP contribution is 2.21. The van der Waals surface area contributed by atoms with Crippen LogP contribution in [-0.4, -0.2) is 63.5 Å². The summed E-state index contributed by atoms with van der Waals surface area (Å²) in [5.74, 6) is 1.86. The molecule has 1 N–H and O–H groups in total. The van der Waals surface area contributed by atoms with Crippen LogP contribution in [0.5, 0.6) is 0 Å². The third kappa shape index (κ3) is 4.58. The first-order valence-electron chi connectivity index (χ1n) is 9.57. The number of amides is 1. The van der Waals surface area contributed by atoms with E-state index in [9.17, 15) is 4.79 Å². The predicted molar refractivity (Wildman–Crippen MR) is 95.3 cm³/mol. The summed E-state index contributed by atoms with van der Waals surface area (Å²) in [7, 11) is 0. The van der Waals surface area contributed by atoms with Gasteiger partial charge in [-0.05, 0) is 53.0 Å². The Bertz CT molecular complexity index is 582. The standard InChI is InChI=1S/C18H31N5O2/c1-13(18(24)19-11-17-8-6-10-25-17)22-9-5-4-7-16(22)12-23-15(3)20-14(2)21-23/h13,16-17H,4-12H2,1-3H3,(H,19,24)/t13-,16-,17+/m0/s1. The van der Waals surface area contributed by atoms with Crippen LogP contribution in [-0.2, 0) is 16.1 Å². The molecule has 1 aromatic heterocycles. The molecule has 0 aliphatic carbocycles.